The molecule has 1 unspecified atom stereocenters. The van der Waals surface area contributed by atoms with Gasteiger partial charge in [-0.2, -0.15) is 0 Å². The highest BCUT2D eigenvalue weighted by molar-refractivity contribution is 7.11. The van der Waals surface area contributed by atoms with Gasteiger partial charge in [0.05, 0.1) is 0 Å². The highest BCUT2D eigenvalue weighted by Gasteiger charge is 2.30. The van der Waals surface area contributed by atoms with Crippen LogP contribution in [0, 0.1) is 0 Å². The lowest BCUT2D eigenvalue weighted by Crippen LogP contribution is -2.47. The molecule has 0 aromatic carbocycles. The summed E-state index contributed by atoms with van der Waals surface area (Å²) in [6.45, 7) is 7.60. The van der Waals surface area contributed by atoms with Gasteiger partial charge in [-0.3, -0.25) is 0 Å². The van der Waals surface area contributed by atoms with Crippen LogP contribution in [0.15, 0.2) is 6.20 Å². The third-order valence-corrected chi connectivity index (χ3v) is 4.84. The van der Waals surface area contributed by atoms with Gasteiger partial charge < -0.3 is 10.6 Å². The smallest absolute Gasteiger partial charge is 0.107 e. The summed E-state index contributed by atoms with van der Waals surface area (Å²) in [5.74, 6) is 0. The zero-order valence-electron chi connectivity index (χ0n) is 10.9. The molecule has 0 spiro atoms. The first-order chi connectivity index (χ1) is 8.28. The lowest BCUT2D eigenvalue weighted by Gasteiger charge is -2.28. The van der Waals surface area contributed by atoms with Crippen molar-refractivity contribution in [3.63, 3.8) is 0 Å². The van der Waals surface area contributed by atoms with Crippen LogP contribution in [0.25, 0.3) is 0 Å². The van der Waals surface area contributed by atoms with E-state index in [0.717, 1.165) is 19.5 Å². The molecule has 4 heteroatoms. The maximum absolute atomic E-state index is 4.44. The summed E-state index contributed by atoms with van der Waals surface area (Å²) in [4.78, 5) is 5.82. The summed E-state index contributed by atoms with van der Waals surface area (Å²) in [6.07, 6.45) is 6.92. The third kappa shape index (κ3) is 3.27. The van der Waals surface area contributed by atoms with E-state index in [1.54, 1.807) is 0 Å². The average molecular weight is 253 g/mol. The number of aromatic nitrogens is 1. The van der Waals surface area contributed by atoms with Crippen molar-refractivity contribution in [3.05, 3.63) is 16.1 Å². The average Bonchev–Trinajstić information content (AvgIpc) is 2.98. The van der Waals surface area contributed by atoms with Crippen molar-refractivity contribution in [3.8, 4) is 0 Å². The number of hydrogen-bond donors (Lipinski definition) is 2. The summed E-state index contributed by atoms with van der Waals surface area (Å²) in [6, 6.07) is 0. The quantitative estimate of drug-likeness (QED) is 0.817. The molecule has 1 saturated heterocycles. The predicted octanol–water partition coefficient (Wildman–Crippen LogP) is 2.33. The lowest BCUT2D eigenvalue weighted by atomic mass is 9.94. The number of thiazole rings is 1. The molecule has 1 aromatic heterocycles. The molecule has 0 radical (unpaired) electrons. The molecule has 0 amide bonds. The normalized spacial score (nSPS) is 24.4. The van der Waals surface area contributed by atoms with Crippen LogP contribution in [-0.2, 0) is 13.0 Å². The first-order valence-corrected chi connectivity index (χ1v) is 7.49. The fourth-order valence-corrected chi connectivity index (χ4v) is 3.28. The number of nitrogens with one attached hydrogen (secondary N) is 2. The van der Waals surface area contributed by atoms with Crippen LogP contribution >= 0.6 is 11.3 Å². The maximum Gasteiger partial charge on any atom is 0.107 e. The minimum Gasteiger partial charge on any atom is -0.310 e. The largest absolute Gasteiger partial charge is 0.310 e. The first-order valence-electron chi connectivity index (χ1n) is 6.67. The Morgan fingerprint density at radius 2 is 2.41 bits per heavy atom. The Bertz CT molecular complexity index is 342. The van der Waals surface area contributed by atoms with E-state index in [0.29, 0.717) is 5.54 Å². The van der Waals surface area contributed by atoms with Crippen LogP contribution in [0.5, 0.6) is 0 Å². The molecule has 3 nitrogen and oxygen atoms in total. The van der Waals surface area contributed by atoms with E-state index < -0.39 is 0 Å². The van der Waals surface area contributed by atoms with E-state index >= 15 is 0 Å². The molecular weight excluding hydrogens is 230 g/mol. The van der Waals surface area contributed by atoms with E-state index in [4.69, 9.17) is 0 Å². The zero-order valence-corrected chi connectivity index (χ0v) is 11.7. The Morgan fingerprint density at radius 1 is 1.53 bits per heavy atom. The van der Waals surface area contributed by atoms with Gasteiger partial charge in [-0.25, -0.2) is 4.98 Å². The van der Waals surface area contributed by atoms with Gasteiger partial charge in [-0.15, -0.1) is 11.3 Å². The Labute approximate surface area is 108 Å². The minimum absolute atomic E-state index is 0.338. The molecule has 96 valence electrons. The highest BCUT2D eigenvalue weighted by atomic mass is 32.1. The van der Waals surface area contributed by atoms with E-state index in [-0.39, 0.29) is 0 Å². The zero-order chi connectivity index (χ0) is 12.1. The van der Waals surface area contributed by atoms with Crippen molar-refractivity contribution in [2.45, 2.75) is 51.6 Å². The van der Waals surface area contributed by atoms with E-state index in [2.05, 4.69) is 29.5 Å². The van der Waals surface area contributed by atoms with Gasteiger partial charge in [-0.1, -0.05) is 13.8 Å². The first kappa shape index (κ1) is 13.0. The SMILES string of the molecule is CCc1cnc(CNCC2(CC)CCCN2)s1. The van der Waals surface area contributed by atoms with Crippen LogP contribution in [-0.4, -0.2) is 23.6 Å². The van der Waals surface area contributed by atoms with Crippen molar-refractivity contribution in [1.29, 1.82) is 0 Å². The van der Waals surface area contributed by atoms with Crippen LogP contribution in [0.3, 0.4) is 0 Å². The second-order valence-corrected chi connectivity index (χ2v) is 6.04. The fraction of sp³-hybridized carbons (Fsp3) is 0.769. The molecule has 0 bridgehead atoms. The summed E-state index contributed by atoms with van der Waals surface area (Å²) in [5, 5.41) is 8.42. The van der Waals surface area contributed by atoms with Crippen LogP contribution in [0.1, 0.15) is 43.0 Å². The summed E-state index contributed by atoms with van der Waals surface area (Å²) in [7, 11) is 0. The summed E-state index contributed by atoms with van der Waals surface area (Å²) in [5.41, 5.74) is 0.338. The Kier molecular flexibility index (Phi) is 4.54. The third-order valence-electron chi connectivity index (χ3n) is 3.70. The molecule has 2 heterocycles. The molecule has 1 aliphatic rings. The number of rotatable bonds is 6. The monoisotopic (exact) mass is 253 g/mol. The van der Waals surface area contributed by atoms with Gasteiger partial charge in [0.25, 0.3) is 0 Å². The molecule has 1 aliphatic heterocycles. The van der Waals surface area contributed by atoms with E-state index in [9.17, 15) is 0 Å². The fourth-order valence-electron chi connectivity index (χ4n) is 2.45. The lowest BCUT2D eigenvalue weighted by molar-refractivity contribution is 0.340. The summed E-state index contributed by atoms with van der Waals surface area (Å²) >= 11 is 1.83. The second-order valence-electron chi connectivity index (χ2n) is 4.84. The minimum atomic E-state index is 0.338. The molecule has 1 fully saturated rings. The van der Waals surface area contributed by atoms with Crippen LogP contribution in [0.4, 0.5) is 0 Å². The number of nitrogens with zero attached hydrogens (tertiary/aromatic N) is 1. The highest BCUT2D eigenvalue weighted by Crippen LogP contribution is 2.22. The van der Waals surface area contributed by atoms with Crippen molar-refractivity contribution in [2.24, 2.45) is 0 Å². The van der Waals surface area contributed by atoms with Gasteiger partial charge in [-0.05, 0) is 32.2 Å². The van der Waals surface area contributed by atoms with E-state index in [1.165, 1.54) is 35.7 Å². The van der Waals surface area contributed by atoms with Crippen molar-refractivity contribution >= 4 is 11.3 Å². The van der Waals surface area contributed by atoms with Gasteiger partial charge >= 0.3 is 0 Å². The Hall–Kier alpha value is -0.450. The molecular formula is C13H23N3S. The second kappa shape index (κ2) is 5.94. The predicted molar refractivity (Wildman–Crippen MR) is 73.5 cm³/mol. The number of hydrogen-bond acceptors (Lipinski definition) is 4. The molecule has 1 aromatic rings. The number of aryl methyl sites for hydroxylation is 1. The van der Waals surface area contributed by atoms with Crippen LogP contribution < -0.4 is 10.6 Å². The van der Waals surface area contributed by atoms with Crippen molar-refractivity contribution in [1.82, 2.24) is 15.6 Å². The molecule has 2 rings (SSSR count). The van der Waals surface area contributed by atoms with Crippen LogP contribution in [0.2, 0.25) is 0 Å². The standard InChI is InChI=1S/C13H23N3S/c1-3-11-8-15-12(17-11)9-14-10-13(4-2)6-5-7-16-13/h8,14,16H,3-7,9-10H2,1-2H3. The Morgan fingerprint density at radius 3 is 3.00 bits per heavy atom. The topological polar surface area (TPSA) is 37.0 Å². The molecule has 2 N–H and O–H groups in total. The summed E-state index contributed by atoms with van der Waals surface area (Å²) < 4.78 is 0. The Balaban J connectivity index is 1.78. The van der Waals surface area contributed by atoms with Crippen molar-refractivity contribution < 1.29 is 0 Å². The molecule has 1 atom stereocenters. The molecule has 0 aliphatic carbocycles. The maximum atomic E-state index is 4.44. The van der Waals surface area contributed by atoms with Gasteiger partial charge in [0.1, 0.15) is 5.01 Å². The molecule has 0 saturated carbocycles. The van der Waals surface area contributed by atoms with Gasteiger partial charge in [0.2, 0.25) is 0 Å². The van der Waals surface area contributed by atoms with E-state index in [1.807, 2.05) is 17.5 Å². The van der Waals surface area contributed by atoms with Crippen molar-refractivity contribution in [2.75, 3.05) is 13.1 Å². The van der Waals surface area contributed by atoms with Gasteiger partial charge in [0.15, 0.2) is 0 Å². The van der Waals surface area contributed by atoms with Gasteiger partial charge in [0, 0.05) is 29.7 Å². The molecule has 17 heavy (non-hydrogen) atoms.